The monoisotopic (exact) mass is 228 g/mol. The Bertz CT molecular complexity index is 198. The van der Waals surface area contributed by atoms with Crippen LogP contribution in [0.2, 0.25) is 0 Å². The molecule has 1 atom stereocenters. The molecule has 1 unspecified atom stereocenters. The second-order valence-corrected chi connectivity index (χ2v) is 5.70. The first-order valence-corrected chi connectivity index (χ1v) is 6.61. The van der Waals surface area contributed by atoms with Crippen LogP contribution in [0.4, 0.5) is 0 Å². The third kappa shape index (κ3) is 3.44. The van der Waals surface area contributed by atoms with Crippen LogP contribution in [-0.2, 0) is 4.74 Å². The van der Waals surface area contributed by atoms with Crippen molar-refractivity contribution in [3.05, 3.63) is 0 Å². The highest BCUT2D eigenvalue weighted by molar-refractivity contribution is 4.91. The van der Waals surface area contributed by atoms with Crippen molar-refractivity contribution in [2.24, 2.45) is 17.7 Å². The molecule has 3 nitrogen and oxygen atoms in total. The summed E-state index contributed by atoms with van der Waals surface area (Å²) in [5.74, 6) is 7.26. The van der Waals surface area contributed by atoms with Crippen molar-refractivity contribution < 1.29 is 4.74 Å². The Hall–Kier alpha value is -0.120. The van der Waals surface area contributed by atoms with Crippen LogP contribution in [0.1, 0.15) is 53.4 Å². The predicted octanol–water partition coefficient (Wildman–Crippen LogP) is 2.46. The zero-order chi connectivity index (χ0) is 12.2. The first-order chi connectivity index (χ1) is 7.51. The minimum Gasteiger partial charge on any atom is -0.374 e. The Morgan fingerprint density at radius 3 is 2.31 bits per heavy atom. The molecular formula is C13H28N2O. The smallest absolute Gasteiger partial charge is 0.0794 e. The molecular weight excluding hydrogens is 200 g/mol. The van der Waals surface area contributed by atoms with Gasteiger partial charge in [-0.1, -0.05) is 19.8 Å². The van der Waals surface area contributed by atoms with E-state index < -0.39 is 0 Å². The quantitative estimate of drug-likeness (QED) is 0.561. The van der Waals surface area contributed by atoms with E-state index in [-0.39, 0.29) is 11.6 Å². The van der Waals surface area contributed by atoms with E-state index in [1.54, 1.807) is 0 Å². The highest BCUT2D eigenvalue weighted by Crippen LogP contribution is 2.34. The maximum atomic E-state index is 5.82. The Balaban J connectivity index is 2.59. The van der Waals surface area contributed by atoms with E-state index in [9.17, 15) is 0 Å². The van der Waals surface area contributed by atoms with Crippen molar-refractivity contribution >= 4 is 0 Å². The summed E-state index contributed by atoms with van der Waals surface area (Å²) in [4.78, 5) is 0. The van der Waals surface area contributed by atoms with Gasteiger partial charge in [0.1, 0.15) is 0 Å². The Morgan fingerprint density at radius 2 is 1.88 bits per heavy atom. The Morgan fingerprint density at radius 1 is 1.31 bits per heavy atom. The van der Waals surface area contributed by atoms with Crippen LogP contribution in [0.25, 0.3) is 0 Å². The molecule has 0 bridgehead atoms. The lowest BCUT2D eigenvalue weighted by molar-refractivity contribution is -0.0585. The van der Waals surface area contributed by atoms with E-state index in [1.807, 2.05) is 6.92 Å². The lowest BCUT2D eigenvalue weighted by Crippen LogP contribution is -2.56. The average molecular weight is 228 g/mol. The maximum absolute atomic E-state index is 5.82. The Labute approximate surface area is 100 Å². The lowest BCUT2D eigenvalue weighted by atomic mass is 9.75. The number of ether oxygens (including phenoxy) is 1. The highest BCUT2D eigenvalue weighted by Gasteiger charge is 2.36. The molecule has 3 heteroatoms. The van der Waals surface area contributed by atoms with Crippen molar-refractivity contribution in [2.75, 3.05) is 6.61 Å². The summed E-state index contributed by atoms with van der Waals surface area (Å²) in [6.45, 7) is 9.40. The molecule has 0 saturated heterocycles. The van der Waals surface area contributed by atoms with Gasteiger partial charge in [0.2, 0.25) is 0 Å². The van der Waals surface area contributed by atoms with Gasteiger partial charge in [-0.3, -0.25) is 11.3 Å². The number of hydrogen-bond acceptors (Lipinski definition) is 3. The normalized spacial score (nSPS) is 29.1. The molecule has 0 aromatic rings. The van der Waals surface area contributed by atoms with Crippen molar-refractivity contribution in [3.63, 3.8) is 0 Å². The highest BCUT2D eigenvalue weighted by atomic mass is 16.5. The molecule has 0 aromatic carbocycles. The maximum Gasteiger partial charge on any atom is 0.0794 e. The van der Waals surface area contributed by atoms with Crippen molar-refractivity contribution in [2.45, 2.75) is 65.0 Å². The first kappa shape index (κ1) is 13.9. The summed E-state index contributed by atoms with van der Waals surface area (Å²) in [6.07, 6.45) is 5.19. The van der Waals surface area contributed by atoms with Gasteiger partial charge >= 0.3 is 0 Å². The molecule has 0 heterocycles. The summed E-state index contributed by atoms with van der Waals surface area (Å²) < 4.78 is 5.82. The standard InChI is InChI=1S/C13H28N2O/c1-5-16-13(3,4)12(15-14)11-8-6-10(2)7-9-11/h10-12,15H,5-9,14H2,1-4H3. The van der Waals surface area contributed by atoms with Crippen LogP contribution in [-0.4, -0.2) is 18.2 Å². The molecule has 0 aromatic heterocycles. The van der Waals surface area contributed by atoms with Gasteiger partial charge in [0.25, 0.3) is 0 Å². The van der Waals surface area contributed by atoms with Crippen LogP contribution < -0.4 is 11.3 Å². The molecule has 0 amide bonds. The van der Waals surface area contributed by atoms with Crippen molar-refractivity contribution in [3.8, 4) is 0 Å². The summed E-state index contributed by atoms with van der Waals surface area (Å²) in [7, 11) is 0. The molecule has 0 aliphatic heterocycles. The minimum atomic E-state index is -0.172. The van der Waals surface area contributed by atoms with Crippen LogP contribution in [0, 0.1) is 11.8 Å². The van der Waals surface area contributed by atoms with Gasteiger partial charge in [-0.25, -0.2) is 0 Å². The minimum absolute atomic E-state index is 0.172. The zero-order valence-corrected chi connectivity index (χ0v) is 11.3. The average Bonchev–Trinajstić information content (AvgIpc) is 2.21. The molecule has 3 N–H and O–H groups in total. The van der Waals surface area contributed by atoms with E-state index in [1.165, 1.54) is 25.7 Å². The third-order valence-electron chi connectivity index (χ3n) is 3.98. The van der Waals surface area contributed by atoms with Gasteiger partial charge in [0, 0.05) is 6.61 Å². The van der Waals surface area contributed by atoms with E-state index in [2.05, 4.69) is 26.2 Å². The number of nitrogens with two attached hydrogens (primary N) is 1. The van der Waals surface area contributed by atoms with E-state index in [4.69, 9.17) is 10.6 Å². The van der Waals surface area contributed by atoms with E-state index in [0.29, 0.717) is 5.92 Å². The summed E-state index contributed by atoms with van der Waals surface area (Å²) >= 11 is 0. The molecule has 16 heavy (non-hydrogen) atoms. The van der Waals surface area contributed by atoms with E-state index in [0.717, 1.165) is 12.5 Å². The number of hydrazine groups is 1. The third-order valence-corrected chi connectivity index (χ3v) is 3.98. The summed E-state index contributed by atoms with van der Waals surface area (Å²) in [6, 6.07) is 0.264. The fourth-order valence-electron chi connectivity index (χ4n) is 2.99. The molecule has 1 aliphatic carbocycles. The van der Waals surface area contributed by atoms with Crippen LogP contribution >= 0.6 is 0 Å². The molecule has 0 spiro atoms. The van der Waals surface area contributed by atoms with Crippen LogP contribution in [0.5, 0.6) is 0 Å². The SMILES string of the molecule is CCOC(C)(C)C(NN)C1CCC(C)CC1. The Kier molecular flexibility index (Phi) is 5.22. The fourth-order valence-corrected chi connectivity index (χ4v) is 2.99. The van der Waals surface area contributed by atoms with Gasteiger partial charge in [-0.15, -0.1) is 0 Å². The number of hydrogen-bond donors (Lipinski definition) is 2. The molecule has 1 aliphatic rings. The van der Waals surface area contributed by atoms with Gasteiger partial charge in [0.05, 0.1) is 11.6 Å². The topological polar surface area (TPSA) is 47.3 Å². The fraction of sp³-hybridized carbons (Fsp3) is 1.00. The number of nitrogens with one attached hydrogen (secondary N) is 1. The largest absolute Gasteiger partial charge is 0.374 e. The van der Waals surface area contributed by atoms with Crippen LogP contribution in [0.15, 0.2) is 0 Å². The molecule has 1 saturated carbocycles. The molecule has 96 valence electrons. The van der Waals surface area contributed by atoms with Gasteiger partial charge in [-0.2, -0.15) is 0 Å². The first-order valence-electron chi connectivity index (χ1n) is 6.61. The second kappa shape index (κ2) is 5.99. The van der Waals surface area contributed by atoms with Crippen molar-refractivity contribution in [1.82, 2.24) is 5.43 Å². The van der Waals surface area contributed by atoms with Gasteiger partial charge < -0.3 is 4.74 Å². The molecule has 1 fully saturated rings. The molecule has 0 radical (unpaired) electrons. The van der Waals surface area contributed by atoms with Gasteiger partial charge in [-0.05, 0) is 45.4 Å². The second-order valence-electron chi connectivity index (χ2n) is 5.70. The lowest BCUT2D eigenvalue weighted by Gasteiger charge is -2.41. The predicted molar refractivity (Wildman–Crippen MR) is 67.9 cm³/mol. The zero-order valence-electron chi connectivity index (χ0n) is 11.3. The number of rotatable bonds is 5. The molecule has 1 rings (SSSR count). The van der Waals surface area contributed by atoms with E-state index >= 15 is 0 Å². The van der Waals surface area contributed by atoms with Crippen LogP contribution in [0.3, 0.4) is 0 Å². The summed E-state index contributed by atoms with van der Waals surface area (Å²) in [5.41, 5.74) is 2.81. The summed E-state index contributed by atoms with van der Waals surface area (Å²) in [5, 5.41) is 0. The van der Waals surface area contributed by atoms with Gasteiger partial charge in [0.15, 0.2) is 0 Å². The van der Waals surface area contributed by atoms with Crippen molar-refractivity contribution in [1.29, 1.82) is 0 Å².